The number of pyridine rings is 1. The maximum absolute atomic E-state index is 13.3. The van der Waals surface area contributed by atoms with Crippen LogP contribution in [0.3, 0.4) is 0 Å². The first-order chi connectivity index (χ1) is 13.1. The van der Waals surface area contributed by atoms with Gasteiger partial charge in [0.15, 0.2) is 10.1 Å². The van der Waals surface area contributed by atoms with Crippen LogP contribution in [0.4, 0.5) is 27.8 Å². The molecule has 1 aliphatic heterocycles. The van der Waals surface area contributed by atoms with E-state index in [-0.39, 0.29) is 18.7 Å². The topological polar surface area (TPSA) is 110 Å². The molecule has 0 spiro atoms. The van der Waals surface area contributed by atoms with E-state index in [2.05, 4.69) is 9.97 Å². The number of halogens is 5. The number of aromatic nitrogens is 3. The second-order valence-corrected chi connectivity index (χ2v) is 7.75. The molecule has 8 nitrogen and oxygen atoms in total. The van der Waals surface area contributed by atoms with Crippen molar-refractivity contribution in [2.75, 3.05) is 18.0 Å². The van der Waals surface area contributed by atoms with Crippen LogP contribution in [0.5, 0.6) is 5.88 Å². The summed E-state index contributed by atoms with van der Waals surface area (Å²) < 4.78 is 87.3. The predicted molar refractivity (Wildman–Crippen MR) is 89.3 cm³/mol. The Morgan fingerprint density at radius 3 is 2.24 bits per heavy atom. The number of anilines is 1. The van der Waals surface area contributed by atoms with Gasteiger partial charge in [0.2, 0.25) is 5.88 Å². The molecule has 0 amide bonds. The Hall–Kier alpha value is -2.35. The summed E-state index contributed by atoms with van der Waals surface area (Å²) in [5, 5.41) is 10.5. The molecule has 162 valence electrons. The SMILES string of the molecule is Cc1nc(O)c2cc(N3CCC(F)(F)CC3)[n+](C)cc2n1.O=S(=O)([O-])C(F)(F)F. The van der Waals surface area contributed by atoms with Crippen LogP contribution in [0.1, 0.15) is 18.7 Å². The minimum absolute atomic E-state index is 0.0818. The van der Waals surface area contributed by atoms with Crippen molar-refractivity contribution in [3.8, 4) is 5.88 Å². The molecule has 0 aromatic carbocycles. The fourth-order valence-electron chi connectivity index (χ4n) is 2.68. The van der Waals surface area contributed by atoms with E-state index in [1.165, 1.54) is 0 Å². The van der Waals surface area contributed by atoms with Gasteiger partial charge in [-0.05, 0) is 6.92 Å². The van der Waals surface area contributed by atoms with E-state index >= 15 is 0 Å². The third-order valence-electron chi connectivity index (χ3n) is 4.12. The second kappa shape index (κ2) is 7.82. The lowest BCUT2D eigenvalue weighted by atomic mass is 10.1. The normalized spacial score (nSPS) is 17.0. The molecule has 2 aromatic rings. The van der Waals surface area contributed by atoms with Gasteiger partial charge in [0.05, 0.1) is 25.5 Å². The highest BCUT2D eigenvalue weighted by Crippen LogP contribution is 2.31. The standard InChI is InChI=1S/C14H16F2N4O.CHF3O3S/c1-9-17-11-8-19(2)12(7-10(11)13(21)18-9)20-5-3-14(15,16)4-6-20;2-1(3,4)8(5,6)7/h7-8H,3-6H2,1-2H3;(H,5,6,7). The average molecular weight is 444 g/mol. The Kier molecular flexibility index (Phi) is 6.18. The Bertz CT molecular complexity index is 1000. The van der Waals surface area contributed by atoms with Crippen LogP contribution < -0.4 is 9.47 Å². The number of aryl methyl sites for hydroxylation is 2. The molecular formula is C15H17F5N4O4S. The Balaban J connectivity index is 0.000000321. The highest BCUT2D eigenvalue weighted by atomic mass is 32.2. The van der Waals surface area contributed by atoms with E-state index in [0.717, 1.165) is 5.82 Å². The molecule has 3 heterocycles. The summed E-state index contributed by atoms with van der Waals surface area (Å²) in [6.45, 7) is 2.29. The molecule has 0 atom stereocenters. The van der Waals surface area contributed by atoms with Gasteiger partial charge in [0.1, 0.15) is 17.5 Å². The lowest BCUT2D eigenvalue weighted by Gasteiger charge is -2.28. The molecule has 1 N–H and O–H groups in total. The molecular weight excluding hydrogens is 427 g/mol. The minimum Gasteiger partial charge on any atom is -0.741 e. The van der Waals surface area contributed by atoms with Crippen molar-refractivity contribution in [1.29, 1.82) is 0 Å². The van der Waals surface area contributed by atoms with Crippen molar-refractivity contribution < 1.29 is 44.6 Å². The molecule has 0 bridgehead atoms. The molecule has 29 heavy (non-hydrogen) atoms. The lowest BCUT2D eigenvalue weighted by Crippen LogP contribution is -2.45. The summed E-state index contributed by atoms with van der Waals surface area (Å²) in [5.74, 6) is -1.39. The van der Waals surface area contributed by atoms with Gasteiger partial charge in [-0.25, -0.2) is 26.7 Å². The molecule has 0 unspecified atom stereocenters. The Labute approximate surface area is 162 Å². The number of nitrogens with zero attached hydrogens (tertiary/aromatic N) is 4. The largest absolute Gasteiger partial charge is 0.741 e. The van der Waals surface area contributed by atoms with Gasteiger partial charge >= 0.3 is 5.51 Å². The van der Waals surface area contributed by atoms with Crippen molar-refractivity contribution in [1.82, 2.24) is 9.97 Å². The number of piperidine rings is 1. The number of hydrogen-bond donors (Lipinski definition) is 1. The summed E-state index contributed by atoms with van der Waals surface area (Å²) in [4.78, 5) is 10.1. The zero-order chi connectivity index (χ0) is 22.2. The fourth-order valence-corrected chi connectivity index (χ4v) is 2.68. The van der Waals surface area contributed by atoms with Gasteiger partial charge in [0, 0.05) is 18.9 Å². The van der Waals surface area contributed by atoms with E-state index in [9.17, 15) is 27.1 Å². The maximum Gasteiger partial charge on any atom is 0.485 e. The van der Waals surface area contributed by atoms with Crippen LogP contribution in [0.15, 0.2) is 12.3 Å². The van der Waals surface area contributed by atoms with Crippen LogP contribution >= 0.6 is 0 Å². The van der Waals surface area contributed by atoms with Gasteiger partial charge in [0.25, 0.3) is 11.7 Å². The van der Waals surface area contributed by atoms with E-state index in [1.807, 2.05) is 16.5 Å². The Morgan fingerprint density at radius 2 is 1.76 bits per heavy atom. The van der Waals surface area contributed by atoms with Crippen LogP contribution in [0, 0.1) is 6.92 Å². The van der Waals surface area contributed by atoms with Crippen LogP contribution in [0.25, 0.3) is 10.9 Å². The van der Waals surface area contributed by atoms with Crippen LogP contribution in [0.2, 0.25) is 0 Å². The number of aromatic hydroxyl groups is 1. The lowest BCUT2D eigenvalue weighted by molar-refractivity contribution is -0.657. The first-order valence-corrected chi connectivity index (χ1v) is 9.53. The third-order valence-corrected chi connectivity index (χ3v) is 4.69. The van der Waals surface area contributed by atoms with E-state index in [4.69, 9.17) is 13.0 Å². The van der Waals surface area contributed by atoms with Crippen LogP contribution in [-0.2, 0) is 17.2 Å². The van der Waals surface area contributed by atoms with Crippen molar-refractivity contribution in [3.05, 3.63) is 18.1 Å². The van der Waals surface area contributed by atoms with Gasteiger partial charge in [-0.3, -0.25) is 4.90 Å². The van der Waals surface area contributed by atoms with Gasteiger partial charge in [-0.2, -0.15) is 18.2 Å². The summed E-state index contributed by atoms with van der Waals surface area (Å²) in [6.07, 6.45) is 1.48. The van der Waals surface area contributed by atoms with Crippen LogP contribution in [-0.4, -0.2) is 52.6 Å². The number of hydrogen-bond acceptors (Lipinski definition) is 7. The highest BCUT2D eigenvalue weighted by molar-refractivity contribution is 7.86. The Morgan fingerprint density at radius 1 is 1.24 bits per heavy atom. The monoisotopic (exact) mass is 444 g/mol. The van der Waals surface area contributed by atoms with Crippen molar-refractivity contribution in [3.63, 3.8) is 0 Å². The summed E-state index contributed by atoms with van der Waals surface area (Å²) in [7, 11) is -4.25. The van der Waals surface area contributed by atoms with Gasteiger partial charge in [-0.15, -0.1) is 0 Å². The van der Waals surface area contributed by atoms with Gasteiger partial charge < -0.3 is 9.66 Å². The third kappa shape index (κ3) is 5.59. The van der Waals surface area contributed by atoms with E-state index in [1.54, 1.807) is 19.2 Å². The fraction of sp³-hybridized carbons (Fsp3) is 0.533. The number of rotatable bonds is 1. The molecule has 0 radical (unpaired) electrons. The van der Waals surface area contributed by atoms with Crippen molar-refractivity contribution in [2.24, 2.45) is 7.05 Å². The summed E-state index contributed by atoms with van der Waals surface area (Å²) >= 11 is 0. The second-order valence-electron chi connectivity index (χ2n) is 6.38. The maximum atomic E-state index is 13.3. The molecule has 0 saturated carbocycles. The summed E-state index contributed by atoms with van der Waals surface area (Å²) in [5.41, 5.74) is -5.01. The zero-order valence-corrected chi connectivity index (χ0v) is 16.1. The molecule has 0 aliphatic carbocycles. The summed E-state index contributed by atoms with van der Waals surface area (Å²) in [6, 6.07) is 1.76. The first kappa shape index (κ1) is 22.9. The molecule has 1 aliphatic rings. The number of fused-ring (bicyclic) bond motifs is 1. The van der Waals surface area contributed by atoms with Crippen molar-refractivity contribution >= 4 is 26.8 Å². The quantitative estimate of drug-likeness (QED) is 0.309. The van der Waals surface area contributed by atoms with Gasteiger partial charge in [-0.1, -0.05) is 0 Å². The van der Waals surface area contributed by atoms with Crippen molar-refractivity contribution in [2.45, 2.75) is 31.2 Å². The average Bonchev–Trinajstić information content (AvgIpc) is 2.53. The molecule has 14 heteroatoms. The van der Waals surface area contributed by atoms with E-state index in [0.29, 0.717) is 29.8 Å². The molecule has 3 rings (SSSR count). The number of alkyl halides is 5. The highest BCUT2D eigenvalue weighted by Gasteiger charge is 2.38. The smallest absolute Gasteiger partial charge is 0.485 e. The molecule has 1 saturated heterocycles. The molecule has 2 aromatic heterocycles. The first-order valence-electron chi connectivity index (χ1n) is 8.13. The predicted octanol–water partition coefficient (Wildman–Crippen LogP) is 1.76. The molecule has 1 fully saturated rings. The minimum atomic E-state index is -6.09. The zero-order valence-electron chi connectivity index (χ0n) is 15.2. The van der Waals surface area contributed by atoms with E-state index < -0.39 is 21.5 Å².